The van der Waals surface area contributed by atoms with Crippen molar-refractivity contribution in [1.29, 1.82) is 0 Å². The van der Waals surface area contributed by atoms with Gasteiger partial charge in [-0.05, 0) is 30.5 Å². The average molecular weight is 228 g/mol. The molecule has 1 aromatic carbocycles. The molecule has 4 heteroatoms. The number of alkyl carbamates (subject to hydrolysis) is 1. The number of carbonyl (C=O) groups excluding carboxylic acids is 1. The molecule has 0 aromatic heterocycles. The third-order valence-electron chi connectivity index (χ3n) is 2.61. The minimum atomic E-state index is -0.326. The fraction of sp³-hybridized carbons (Fsp3) is 0.364. The minimum absolute atomic E-state index is 0. The number of hydrogen-bond donors (Lipinski definition) is 1. The smallest absolute Gasteiger partial charge is 0.407 e. The summed E-state index contributed by atoms with van der Waals surface area (Å²) in [4.78, 5) is 10.8. The van der Waals surface area contributed by atoms with Gasteiger partial charge in [0.15, 0.2) is 0 Å². The van der Waals surface area contributed by atoms with E-state index < -0.39 is 0 Å². The van der Waals surface area contributed by atoms with E-state index in [0.717, 1.165) is 5.56 Å². The van der Waals surface area contributed by atoms with Crippen LogP contribution in [-0.4, -0.2) is 12.7 Å². The monoisotopic (exact) mass is 227 g/mol. The molecule has 1 heterocycles. The number of cyclic esters (lactones) is 1. The van der Waals surface area contributed by atoms with Gasteiger partial charge in [-0.2, -0.15) is 0 Å². The highest BCUT2D eigenvalue weighted by atomic mass is 35.5. The second-order valence-corrected chi connectivity index (χ2v) is 3.64. The Morgan fingerprint density at radius 3 is 2.60 bits per heavy atom. The molecule has 1 atom stereocenters. The lowest BCUT2D eigenvalue weighted by Crippen LogP contribution is -2.18. The molecule has 0 spiro atoms. The Kier molecular flexibility index (Phi) is 3.58. The molecular formula is C11H14ClNO2. The normalized spacial score (nSPS) is 19.1. The second-order valence-electron chi connectivity index (χ2n) is 3.64. The van der Waals surface area contributed by atoms with E-state index in [-0.39, 0.29) is 24.5 Å². The number of halogens is 1. The molecule has 15 heavy (non-hydrogen) atoms. The van der Waals surface area contributed by atoms with Crippen LogP contribution >= 0.6 is 12.4 Å². The largest absolute Gasteiger partial charge is 0.447 e. The molecule has 1 N–H and O–H groups in total. The van der Waals surface area contributed by atoms with E-state index in [0.29, 0.717) is 6.61 Å². The van der Waals surface area contributed by atoms with Crippen LogP contribution in [0.1, 0.15) is 22.7 Å². The van der Waals surface area contributed by atoms with Crippen LogP contribution in [0.2, 0.25) is 0 Å². The van der Waals surface area contributed by atoms with Crippen molar-refractivity contribution in [1.82, 2.24) is 5.32 Å². The van der Waals surface area contributed by atoms with Gasteiger partial charge in [-0.25, -0.2) is 4.79 Å². The van der Waals surface area contributed by atoms with E-state index in [1.165, 1.54) is 11.1 Å². The predicted molar refractivity (Wildman–Crippen MR) is 60.4 cm³/mol. The van der Waals surface area contributed by atoms with Gasteiger partial charge >= 0.3 is 6.09 Å². The lowest BCUT2D eigenvalue weighted by Gasteiger charge is -2.09. The van der Waals surface area contributed by atoms with E-state index in [9.17, 15) is 4.79 Å². The maximum Gasteiger partial charge on any atom is 0.407 e. The molecule has 1 aliphatic rings. The zero-order valence-corrected chi connectivity index (χ0v) is 9.56. The van der Waals surface area contributed by atoms with Crippen molar-refractivity contribution in [2.45, 2.75) is 19.9 Å². The molecule has 0 radical (unpaired) electrons. The van der Waals surface area contributed by atoms with Gasteiger partial charge in [-0.3, -0.25) is 0 Å². The van der Waals surface area contributed by atoms with Crippen LogP contribution < -0.4 is 5.32 Å². The molecule has 0 aliphatic carbocycles. The molecule has 0 unspecified atom stereocenters. The maximum atomic E-state index is 10.8. The summed E-state index contributed by atoms with van der Waals surface area (Å²) < 4.78 is 4.84. The van der Waals surface area contributed by atoms with Crippen molar-refractivity contribution in [3.05, 3.63) is 34.9 Å². The van der Waals surface area contributed by atoms with Gasteiger partial charge in [-0.15, -0.1) is 12.4 Å². The SMILES string of the molecule is Cc1ccc([C@H]2COC(=O)N2)cc1C.Cl. The van der Waals surface area contributed by atoms with Gasteiger partial charge in [0, 0.05) is 0 Å². The quantitative estimate of drug-likeness (QED) is 0.801. The third kappa shape index (κ3) is 2.42. The van der Waals surface area contributed by atoms with Crippen LogP contribution in [0.4, 0.5) is 4.79 Å². The number of benzene rings is 1. The molecule has 0 bridgehead atoms. The molecule has 1 fully saturated rings. The fourth-order valence-corrected chi connectivity index (χ4v) is 1.55. The van der Waals surface area contributed by atoms with Crippen molar-refractivity contribution in [3.8, 4) is 0 Å². The number of aryl methyl sites for hydroxylation is 2. The highest BCUT2D eigenvalue weighted by molar-refractivity contribution is 5.85. The van der Waals surface area contributed by atoms with E-state index in [4.69, 9.17) is 4.74 Å². The van der Waals surface area contributed by atoms with E-state index in [1.807, 2.05) is 6.07 Å². The highest BCUT2D eigenvalue weighted by Crippen LogP contribution is 2.20. The van der Waals surface area contributed by atoms with Crippen molar-refractivity contribution in [2.24, 2.45) is 0 Å². The van der Waals surface area contributed by atoms with Gasteiger partial charge in [0.25, 0.3) is 0 Å². The van der Waals surface area contributed by atoms with Gasteiger partial charge in [0.05, 0.1) is 6.04 Å². The summed E-state index contributed by atoms with van der Waals surface area (Å²) in [6.07, 6.45) is -0.326. The predicted octanol–water partition coefficient (Wildman–Crippen LogP) is 2.51. The summed E-state index contributed by atoms with van der Waals surface area (Å²) >= 11 is 0. The van der Waals surface area contributed by atoms with E-state index >= 15 is 0 Å². The standard InChI is InChI=1S/C11H13NO2.ClH/c1-7-3-4-9(5-8(7)2)10-6-14-11(13)12-10;/h3-5,10H,6H2,1-2H3,(H,12,13);1H/t10-;/m1./s1. The third-order valence-corrected chi connectivity index (χ3v) is 2.61. The molecule has 0 saturated carbocycles. The van der Waals surface area contributed by atoms with Gasteiger partial charge in [0.2, 0.25) is 0 Å². The van der Waals surface area contributed by atoms with Gasteiger partial charge in [-0.1, -0.05) is 18.2 Å². The number of carbonyl (C=O) groups is 1. The Bertz CT molecular complexity index is 379. The molecule has 1 aromatic rings. The number of ether oxygens (including phenoxy) is 1. The number of amides is 1. The van der Waals surface area contributed by atoms with Crippen LogP contribution in [0, 0.1) is 13.8 Å². The molecule has 2 rings (SSSR count). The van der Waals surface area contributed by atoms with E-state index in [2.05, 4.69) is 31.3 Å². The van der Waals surface area contributed by atoms with Crippen molar-refractivity contribution in [2.75, 3.05) is 6.61 Å². The Balaban J connectivity index is 0.00000112. The van der Waals surface area contributed by atoms with Crippen LogP contribution in [0.5, 0.6) is 0 Å². The summed E-state index contributed by atoms with van der Waals surface area (Å²) in [6, 6.07) is 6.20. The minimum Gasteiger partial charge on any atom is -0.447 e. The second kappa shape index (κ2) is 4.53. The first kappa shape index (κ1) is 11.9. The molecular weight excluding hydrogens is 214 g/mol. The summed E-state index contributed by atoms with van der Waals surface area (Å²) in [5.74, 6) is 0. The van der Waals surface area contributed by atoms with E-state index in [1.54, 1.807) is 0 Å². The summed E-state index contributed by atoms with van der Waals surface area (Å²) in [5.41, 5.74) is 3.61. The van der Waals surface area contributed by atoms with Crippen LogP contribution in [0.3, 0.4) is 0 Å². The molecule has 3 nitrogen and oxygen atoms in total. The average Bonchev–Trinajstić information content (AvgIpc) is 2.57. The lowest BCUT2D eigenvalue weighted by atomic mass is 10.0. The Morgan fingerprint density at radius 2 is 2.07 bits per heavy atom. The van der Waals surface area contributed by atoms with Crippen molar-refractivity contribution < 1.29 is 9.53 Å². The Labute approximate surface area is 95.2 Å². The van der Waals surface area contributed by atoms with Gasteiger partial charge < -0.3 is 10.1 Å². The Hall–Kier alpha value is -1.22. The van der Waals surface area contributed by atoms with Crippen LogP contribution in [0.15, 0.2) is 18.2 Å². The van der Waals surface area contributed by atoms with Crippen LogP contribution in [-0.2, 0) is 4.74 Å². The molecule has 1 aliphatic heterocycles. The zero-order valence-electron chi connectivity index (χ0n) is 8.74. The topological polar surface area (TPSA) is 38.3 Å². The number of nitrogens with one attached hydrogen (secondary N) is 1. The van der Waals surface area contributed by atoms with Gasteiger partial charge in [0.1, 0.15) is 6.61 Å². The Morgan fingerprint density at radius 1 is 1.33 bits per heavy atom. The first-order valence-electron chi connectivity index (χ1n) is 4.67. The van der Waals surface area contributed by atoms with Crippen LogP contribution in [0.25, 0.3) is 0 Å². The van der Waals surface area contributed by atoms with Crippen molar-refractivity contribution in [3.63, 3.8) is 0 Å². The lowest BCUT2D eigenvalue weighted by molar-refractivity contribution is 0.177. The zero-order chi connectivity index (χ0) is 10.1. The first-order valence-corrected chi connectivity index (χ1v) is 4.67. The van der Waals surface area contributed by atoms with Crippen molar-refractivity contribution >= 4 is 18.5 Å². The summed E-state index contributed by atoms with van der Waals surface area (Å²) in [7, 11) is 0. The summed E-state index contributed by atoms with van der Waals surface area (Å²) in [6.45, 7) is 4.57. The summed E-state index contributed by atoms with van der Waals surface area (Å²) in [5, 5.41) is 2.76. The molecule has 1 amide bonds. The first-order chi connectivity index (χ1) is 6.66. The maximum absolute atomic E-state index is 10.8. The number of rotatable bonds is 1. The fourth-order valence-electron chi connectivity index (χ4n) is 1.55. The molecule has 82 valence electrons. The number of hydrogen-bond acceptors (Lipinski definition) is 2. The molecule has 1 saturated heterocycles. The highest BCUT2D eigenvalue weighted by Gasteiger charge is 2.23.